The van der Waals surface area contributed by atoms with Crippen molar-refractivity contribution in [1.29, 1.82) is 0 Å². The summed E-state index contributed by atoms with van der Waals surface area (Å²) in [6, 6.07) is 14.5. The molecule has 3 heterocycles. The molecule has 2 aliphatic heterocycles. The Bertz CT molecular complexity index is 752. The number of carbonyl (C=O) groups is 1. The normalized spacial score (nSPS) is 25.0. The van der Waals surface area contributed by atoms with E-state index in [9.17, 15) is 4.79 Å². The molecule has 0 aliphatic carbocycles. The minimum atomic E-state index is 0.00628. The molecule has 124 valence electrons. The van der Waals surface area contributed by atoms with E-state index in [1.807, 2.05) is 36.4 Å². The topological polar surface area (TPSA) is 54.0 Å². The first-order chi connectivity index (χ1) is 11.7. The van der Waals surface area contributed by atoms with Crippen molar-refractivity contribution in [3.63, 3.8) is 0 Å². The summed E-state index contributed by atoms with van der Waals surface area (Å²) in [5.74, 6) is 0.00628. The van der Waals surface area contributed by atoms with Crippen LogP contribution in [0.4, 0.5) is 0 Å². The molecule has 0 radical (unpaired) electrons. The van der Waals surface area contributed by atoms with Gasteiger partial charge in [-0.05, 0) is 55.7 Å². The van der Waals surface area contributed by atoms with E-state index < -0.39 is 0 Å². The Labute approximate surface area is 150 Å². The Morgan fingerprint density at radius 3 is 2.71 bits per heavy atom. The molecule has 1 aromatic heterocycles. The number of halogens is 1. The van der Waals surface area contributed by atoms with E-state index in [-0.39, 0.29) is 11.9 Å². The monoisotopic (exact) mass is 359 g/mol. The van der Waals surface area contributed by atoms with Crippen molar-refractivity contribution in [3.8, 4) is 0 Å². The number of nitrogens with zero attached hydrogens (tertiary/aromatic N) is 1. The van der Waals surface area contributed by atoms with Crippen LogP contribution in [-0.2, 0) is 0 Å². The number of benzene rings is 1. The summed E-state index contributed by atoms with van der Waals surface area (Å²) in [7, 11) is 0. The Morgan fingerprint density at radius 2 is 2.04 bits per heavy atom. The van der Waals surface area contributed by atoms with Gasteiger partial charge in [0.15, 0.2) is 0 Å². The molecular formula is C18H18ClN3OS. The van der Waals surface area contributed by atoms with Gasteiger partial charge in [-0.1, -0.05) is 29.4 Å². The molecule has 2 aliphatic rings. The molecule has 6 heteroatoms. The van der Waals surface area contributed by atoms with E-state index in [2.05, 4.69) is 15.6 Å². The van der Waals surface area contributed by atoms with Crippen molar-refractivity contribution in [2.75, 3.05) is 0 Å². The predicted octanol–water partition coefficient (Wildman–Crippen LogP) is 3.51. The second-order valence-corrected chi connectivity index (χ2v) is 7.77. The Balaban J connectivity index is 1.39. The van der Waals surface area contributed by atoms with E-state index >= 15 is 0 Å². The van der Waals surface area contributed by atoms with Gasteiger partial charge >= 0.3 is 0 Å². The van der Waals surface area contributed by atoms with E-state index in [1.165, 1.54) is 18.2 Å². The Hall–Kier alpha value is -1.56. The number of carbonyl (C=O) groups excluding carboxylic acids is 1. The quantitative estimate of drug-likeness (QED) is 0.820. The van der Waals surface area contributed by atoms with Crippen molar-refractivity contribution in [2.45, 2.75) is 47.3 Å². The molecule has 1 amide bonds. The molecule has 1 aromatic carbocycles. The van der Waals surface area contributed by atoms with Crippen LogP contribution in [-0.4, -0.2) is 29.0 Å². The Kier molecular flexibility index (Phi) is 4.48. The molecule has 3 unspecified atom stereocenters. The number of nitrogens with one attached hydrogen (secondary N) is 2. The second kappa shape index (κ2) is 6.75. The molecule has 24 heavy (non-hydrogen) atoms. The Morgan fingerprint density at radius 1 is 1.21 bits per heavy atom. The molecule has 2 saturated heterocycles. The van der Waals surface area contributed by atoms with Crippen LogP contribution in [0, 0.1) is 0 Å². The lowest BCUT2D eigenvalue weighted by molar-refractivity contribution is 0.0931. The van der Waals surface area contributed by atoms with Gasteiger partial charge in [-0.25, -0.2) is 4.98 Å². The molecule has 2 fully saturated rings. The zero-order valence-electron chi connectivity index (χ0n) is 13.0. The highest BCUT2D eigenvalue weighted by Crippen LogP contribution is 2.29. The average molecular weight is 360 g/mol. The zero-order valence-corrected chi connectivity index (χ0v) is 14.6. The molecule has 2 bridgehead atoms. The SMILES string of the molecule is O=C(NC1CC2CCC1N2)c1ccc(Sc2cccc(Cl)n2)cc1. The maximum Gasteiger partial charge on any atom is 0.251 e. The van der Waals surface area contributed by atoms with E-state index in [0.717, 1.165) is 22.8 Å². The van der Waals surface area contributed by atoms with Crippen molar-refractivity contribution in [1.82, 2.24) is 15.6 Å². The number of pyridine rings is 1. The fourth-order valence-electron chi connectivity index (χ4n) is 3.48. The van der Waals surface area contributed by atoms with Crippen molar-refractivity contribution < 1.29 is 4.79 Å². The number of amides is 1. The van der Waals surface area contributed by atoms with Gasteiger partial charge in [0.2, 0.25) is 0 Å². The highest BCUT2D eigenvalue weighted by atomic mass is 35.5. The smallest absolute Gasteiger partial charge is 0.251 e. The predicted molar refractivity (Wildman–Crippen MR) is 95.6 cm³/mol. The van der Waals surface area contributed by atoms with Crippen LogP contribution in [0.3, 0.4) is 0 Å². The van der Waals surface area contributed by atoms with Crippen molar-refractivity contribution >= 4 is 29.3 Å². The van der Waals surface area contributed by atoms with Gasteiger partial charge in [0.25, 0.3) is 5.91 Å². The minimum absolute atomic E-state index is 0.00628. The number of hydrogen-bond donors (Lipinski definition) is 2. The summed E-state index contributed by atoms with van der Waals surface area (Å²) < 4.78 is 0. The number of fused-ring (bicyclic) bond motifs is 2. The summed E-state index contributed by atoms with van der Waals surface area (Å²) in [6.45, 7) is 0. The van der Waals surface area contributed by atoms with E-state index in [1.54, 1.807) is 6.07 Å². The second-order valence-electron chi connectivity index (χ2n) is 6.29. The van der Waals surface area contributed by atoms with Crippen LogP contribution in [0.25, 0.3) is 0 Å². The van der Waals surface area contributed by atoms with Gasteiger partial charge in [0, 0.05) is 28.6 Å². The van der Waals surface area contributed by atoms with Gasteiger partial charge in [-0.15, -0.1) is 0 Å². The van der Waals surface area contributed by atoms with Gasteiger partial charge < -0.3 is 10.6 Å². The fraction of sp³-hybridized carbons (Fsp3) is 0.333. The lowest BCUT2D eigenvalue weighted by atomic mass is 9.95. The summed E-state index contributed by atoms with van der Waals surface area (Å²) in [6.07, 6.45) is 3.45. The molecular weight excluding hydrogens is 342 g/mol. The summed E-state index contributed by atoms with van der Waals surface area (Å²) >= 11 is 7.43. The molecule has 0 spiro atoms. The van der Waals surface area contributed by atoms with Gasteiger partial charge in [-0.3, -0.25) is 4.79 Å². The van der Waals surface area contributed by atoms with E-state index in [4.69, 9.17) is 11.6 Å². The molecule has 4 nitrogen and oxygen atoms in total. The first kappa shape index (κ1) is 15.9. The fourth-order valence-corrected chi connectivity index (χ4v) is 4.50. The van der Waals surface area contributed by atoms with Crippen LogP contribution in [0.2, 0.25) is 5.15 Å². The van der Waals surface area contributed by atoms with Gasteiger partial charge in [0.1, 0.15) is 10.2 Å². The van der Waals surface area contributed by atoms with Gasteiger partial charge in [-0.2, -0.15) is 0 Å². The number of aromatic nitrogens is 1. The third kappa shape index (κ3) is 3.43. The average Bonchev–Trinajstić information content (AvgIpc) is 3.18. The van der Waals surface area contributed by atoms with Crippen LogP contribution >= 0.6 is 23.4 Å². The highest BCUT2D eigenvalue weighted by Gasteiger charge is 2.39. The van der Waals surface area contributed by atoms with Gasteiger partial charge in [0.05, 0.1) is 0 Å². The van der Waals surface area contributed by atoms with Crippen LogP contribution in [0.15, 0.2) is 52.4 Å². The highest BCUT2D eigenvalue weighted by molar-refractivity contribution is 7.99. The van der Waals surface area contributed by atoms with Crippen LogP contribution in [0.1, 0.15) is 29.6 Å². The standard InChI is InChI=1S/C18H18ClN3OS/c19-16-2-1-3-17(22-16)24-13-7-4-11(5-8-13)18(23)21-15-10-12-6-9-14(15)20-12/h1-5,7-8,12,14-15,20H,6,9-10H2,(H,21,23). The number of rotatable bonds is 4. The molecule has 2 aromatic rings. The lowest BCUT2D eigenvalue weighted by Gasteiger charge is -2.21. The molecule has 3 atom stereocenters. The third-order valence-corrected chi connectivity index (χ3v) is 5.80. The number of hydrogen-bond acceptors (Lipinski definition) is 4. The maximum atomic E-state index is 12.4. The zero-order chi connectivity index (χ0) is 16.5. The minimum Gasteiger partial charge on any atom is -0.348 e. The van der Waals surface area contributed by atoms with Crippen molar-refractivity contribution in [2.24, 2.45) is 0 Å². The van der Waals surface area contributed by atoms with Crippen molar-refractivity contribution in [3.05, 3.63) is 53.2 Å². The molecule has 0 saturated carbocycles. The molecule has 4 rings (SSSR count). The first-order valence-electron chi connectivity index (χ1n) is 8.15. The largest absolute Gasteiger partial charge is 0.348 e. The summed E-state index contributed by atoms with van der Waals surface area (Å²) in [4.78, 5) is 17.7. The molecule has 2 N–H and O–H groups in total. The summed E-state index contributed by atoms with van der Waals surface area (Å²) in [5, 5.41) is 8.03. The first-order valence-corrected chi connectivity index (χ1v) is 9.34. The van der Waals surface area contributed by atoms with Crippen LogP contribution in [0.5, 0.6) is 0 Å². The maximum absolute atomic E-state index is 12.4. The summed E-state index contributed by atoms with van der Waals surface area (Å²) in [5.41, 5.74) is 0.696. The lowest BCUT2D eigenvalue weighted by Crippen LogP contribution is -2.42. The van der Waals surface area contributed by atoms with E-state index in [0.29, 0.717) is 22.8 Å². The van der Waals surface area contributed by atoms with Crippen LogP contribution < -0.4 is 10.6 Å². The third-order valence-electron chi connectivity index (χ3n) is 4.65.